The molecule has 0 saturated heterocycles. The third-order valence-electron chi connectivity index (χ3n) is 11.3. The van der Waals surface area contributed by atoms with E-state index in [0.717, 1.165) is 66.1 Å². The van der Waals surface area contributed by atoms with Crippen molar-refractivity contribution < 1.29 is 34.1 Å². The Morgan fingerprint density at radius 1 is 0.781 bits per heavy atom. The van der Waals surface area contributed by atoms with E-state index < -0.39 is 33.1 Å². The van der Waals surface area contributed by atoms with Gasteiger partial charge in [-0.3, -0.25) is 4.98 Å². The normalized spacial score (nSPS) is 14.2. The van der Waals surface area contributed by atoms with Crippen LogP contribution in [0.25, 0.3) is 72.6 Å². The molecule has 0 fully saturated rings. The number of benzene rings is 5. The molecule has 0 spiro atoms. The number of hydrogen-bond donors (Lipinski definition) is 0. The summed E-state index contributed by atoms with van der Waals surface area (Å²) >= 11 is 0. The molecule has 7 heteroatoms. The molecule has 5 nitrogen and oxygen atoms in total. The van der Waals surface area contributed by atoms with Crippen molar-refractivity contribution in [1.82, 2.24) is 19.5 Å². The summed E-state index contributed by atoms with van der Waals surface area (Å²) in [7, 11) is -1.78. The van der Waals surface area contributed by atoms with Gasteiger partial charge in [-0.25, -0.2) is 4.98 Å². The summed E-state index contributed by atoms with van der Waals surface area (Å²) in [5.74, 6) is -1.50. The van der Waals surface area contributed by atoms with E-state index in [1.807, 2.05) is 109 Å². The number of imidazole rings is 1. The molecule has 9 rings (SSSR count). The molecule has 0 bridgehead atoms. The maximum absolute atomic E-state index is 9.38. The summed E-state index contributed by atoms with van der Waals surface area (Å²) in [4.78, 5) is 14.3. The van der Waals surface area contributed by atoms with Gasteiger partial charge in [0.2, 0.25) is 5.71 Å². The van der Waals surface area contributed by atoms with Crippen LogP contribution >= 0.6 is 0 Å². The van der Waals surface area contributed by atoms with Gasteiger partial charge in [0.05, 0.1) is 30.5 Å². The molecule has 0 unspecified atom stereocenters. The molecule has 4 aromatic heterocycles. The van der Waals surface area contributed by atoms with Crippen molar-refractivity contribution in [3.63, 3.8) is 0 Å². The minimum absolute atomic E-state index is 0. The molecular formula is C57H60IrN4OSi-2. The Labute approximate surface area is 404 Å². The van der Waals surface area contributed by atoms with Crippen LogP contribution < -0.4 is 5.19 Å². The second-order valence-corrected chi connectivity index (χ2v) is 23.3. The van der Waals surface area contributed by atoms with Crippen LogP contribution in [0.3, 0.4) is 0 Å². The molecule has 329 valence electrons. The van der Waals surface area contributed by atoms with Gasteiger partial charge in [0.1, 0.15) is 0 Å². The van der Waals surface area contributed by atoms with E-state index >= 15 is 0 Å². The first-order valence-electron chi connectivity index (χ1n) is 25.1. The van der Waals surface area contributed by atoms with E-state index in [0.29, 0.717) is 39.5 Å². The molecule has 4 heterocycles. The number of pyridine rings is 2. The van der Waals surface area contributed by atoms with Gasteiger partial charge in [0.25, 0.3) is 0 Å². The fourth-order valence-corrected chi connectivity index (χ4v) is 9.61. The van der Waals surface area contributed by atoms with Gasteiger partial charge in [-0.05, 0) is 100 Å². The maximum atomic E-state index is 9.38. The van der Waals surface area contributed by atoms with Gasteiger partial charge in [0.15, 0.2) is 0 Å². The molecule has 0 aliphatic heterocycles. The summed E-state index contributed by atoms with van der Waals surface area (Å²) in [6.45, 7) is 19.9. The van der Waals surface area contributed by atoms with Crippen LogP contribution in [0.2, 0.25) is 19.6 Å². The second kappa shape index (κ2) is 18.9. The predicted octanol–water partition coefficient (Wildman–Crippen LogP) is 14.9. The zero-order chi connectivity index (χ0) is 50.9. The van der Waals surface area contributed by atoms with Crippen LogP contribution in [-0.2, 0) is 26.5 Å². The smallest absolute Gasteiger partial charge is 0.216 e. The molecule has 0 saturated carbocycles. The Bertz CT molecular complexity index is 3360. The summed E-state index contributed by atoms with van der Waals surface area (Å²) in [6.07, 6.45) is 2.15. The fraction of sp³-hybridized carbons (Fsp3) is 0.281. The quantitative estimate of drug-likeness (QED) is 0.107. The van der Waals surface area contributed by atoms with Crippen LogP contribution in [-0.4, -0.2) is 27.6 Å². The average molecular weight is 1040 g/mol. The minimum atomic E-state index is -2.16. The zero-order valence-corrected chi connectivity index (χ0v) is 42.0. The standard InChI is InChI=1S/C38H34N3O.C19H26NSi.Ir/c1-22(2)29-19-27(26-12-8-7-9-13-26)20-30(23(3)4)35(29)41-33-15-11-10-14-32(33)40-37(41)28-17-16-25(6)34-31-18-24(5)21-39-38(31)42-36(28)34;1-14(2)11-17-12-18(16-9-7-15(3)8-10-16)20-13-19(17)21(4,5)6;/h7-16,18-23H,1-6H3;7-9,12-14H,11H2,1-6H3;/q2*-1;/i22D,23D;3D3,11D2;. The van der Waals surface area contributed by atoms with Crippen LogP contribution in [0.5, 0.6) is 0 Å². The van der Waals surface area contributed by atoms with E-state index in [4.69, 9.17) is 16.3 Å². The summed E-state index contributed by atoms with van der Waals surface area (Å²) in [6, 6.07) is 39.5. The number of furan rings is 1. The molecule has 1 radical (unpaired) electrons. The Hall–Kier alpha value is -5.46. The average Bonchev–Trinajstić information content (AvgIpc) is 3.87. The second-order valence-electron chi connectivity index (χ2n) is 18.2. The molecule has 64 heavy (non-hydrogen) atoms. The molecule has 0 atom stereocenters. The van der Waals surface area contributed by atoms with E-state index in [1.54, 1.807) is 18.3 Å². The third kappa shape index (κ3) is 9.35. The van der Waals surface area contributed by atoms with Crippen molar-refractivity contribution in [1.29, 1.82) is 0 Å². The van der Waals surface area contributed by atoms with Gasteiger partial charge in [-0.15, -0.1) is 53.1 Å². The largest absolute Gasteiger partial charge is 0.486 e. The van der Waals surface area contributed by atoms with Crippen LogP contribution in [0.4, 0.5) is 0 Å². The van der Waals surface area contributed by atoms with Gasteiger partial charge < -0.3 is 14.0 Å². The van der Waals surface area contributed by atoms with E-state index in [9.17, 15) is 2.74 Å². The minimum Gasteiger partial charge on any atom is -0.486 e. The Kier molecular flexibility index (Phi) is 11.2. The van der Waals surface area contributed by atoms with Crippen molar-refractivity contribution in [2.45, 2.75) is 100 Å². The first kappa shape index (κ1) is 37.9. The molecule has 0 N–H and O–H groups in total. The number of rotatable bonds is 9. The fourth-order valence-electron chi connectivity index (χ4n) is 8.21. The van der Waals surface area contributed by atoms with E-state index in [2.05, 4.69) is 83.6 Å². The maximum Gasteiger partial charge on any atom is 0.216 e. The summed E-state index contributed by atoms with van der Waals surface area (Å²) in [5.41, 5.74) is 12.4. The Morgan fingerprint density at radius 2 is 1.48 bits per heavy atom. The van der Waals surface area contributed by atoms with Gasteiger partial charge in [0, 0.05) is 53.2 Å². The Balaban J connectivity index is 0.000000236. The predicted molar refractivity (Wildman–Crippen MR) is 268 cm³/mol. The first-order chi connectivity index (χ1) is 32.7. The van der Waals surface area contributed by atoms with E-state index in [1.165, 1.54) is 6.07 Å². The number of fused-ring (bicyclic) bond motifs is 4. The molecular weight excluding hydrogens is 977 g/mol. The first-order valence-corrected chi connectivity index (χ1v) is 25.1. The molecule has 0 aliphatic carbocycles. The monoisotopic (exact) mass is 1040 g/mol. The van der Waals surface area contributed by atoms with Crippen molar-refractivity contribution in [3.8, 4) is 39.5 Å². The summed E-state index contributed by atoms with van der Waals surface area (Å²) < 4.78 is 66.9. The molecule has 5 aromatic carbocycles. The molecule has 9 aromatic rings. The van der Waals surface area contributed by atoms with Crippen LogP contribution in [0.15, 0.2) is 120 Å². The number of hydrogen-bond acceptors (Lipinski definition) is 4. The zero-order valence-electron chi connectivity index (χ0n) is 45.6. The van der Waals surface area contributed by atoms with Crippen LogP contribution in [0, 0.1) is 38.8 Å². The third-order valence-corrected chi connectivity index (χ3v) is 13.3. The topological polar surface area (TPSA) is 56.7 Å². The molecule has 0 aliphatic rings. The number of nitrogens with zero attached hydrogens (tertiary/aromatic N) is 4. The summed E-state index contributed by atoms with van der Waals surface area (Å²) in [5, 5.41) is 2.97. The van der Waals surface area contributed by atoms with Crippen molar-refractivity contribution >= 4 is 46.4 Å². The van der Waals surface area contributed by atoms with Gasteiger partial charge in [-0.2, -0.15) is 0 Å². The van der Waals surface area contributed by atoms with Crippen LogP contribution in [0.1, 0.15) is 96.3 Å². The Morgan fingerprint density at radius 3 is 2.12 bits per heavy atom. The molecule has 0 amide bonds. The number of aromatic nitrogens is 4. The number of para-hydroxylation sites is 2. The van der Waals surface area contributed by atoms with Crippen molar-refractivity contribution in [2.75, 3.05) is 0 Å². The number of aryl methyl sites for hydroxylation is 3. The van der Waals surface area contributed by atoms with Gasteiger partial charge in [-0.1, -0.05) is 140 Å². The van der Waals surface area contributed by atoms with Gasteiger partial charge >= 0.3 is 0 Å². The van der Waals surface area contributed by atoms with E-state index in [-0.39, 0.29) is 31.6 Å². The SMILES string of the molecule is [2H]C(C)(C)c1cc(-c2ccccc2)cc(C([2H])(C)C)c1-n1c(-c2[c-]cc(C)c3c2oc2ncc(C)cc23)nc2ccccc21.[2H]C([2H])([2H])c1c[c-]c(-c2cc(C([2H])([2H])C(C)C)c([Si](C)(C)C)cn2)cc1.[Ir]. The van der Waals surface area contributed by atoms with Crippen molar-refractivity contribution in [2.24, 2.45) is 5.92 Å². The van der Waals surface area contributed by atoms with Crippen molar-refractivity contribution in [3.05, 3.63) is 161 Å².